The normalized spacial score (nSPS) is 17.7. The summed E-state index contributed by atoms with van der Waals surface area (Å²) in [5, 5.41) is 12.6. The minimum absolute atomic E-state index is 0.236. The van der Waals surface area contributed by atoms with E-state index in [2.05, 4.69) is 5.32 Å². The first kappa shape index (κ1) is 14.4. The summed E-state index contributed by atoms with van der Waals surface area (Å²) in [5.41, 5.74) is 0.734. The summed E-state index contributed by atoms with van der Waals surface area (Å²) in [6.07, 6.45) is 1.74. The first-order chi connectivity index (χ1) is 6.65. The van der Waals surface area contributed by atoms with Crippen LogP contribution in [0.2, 0.25) is 0 Å². The first-order valence-corrected chi connectivity index (χ1v) is 6.15. The molecule has 5 nitrogen and oxygen atoms in total. The molecule has 0 fully saturated rings. The van der Waals surface area contributed by atoms with Crippen LogP contribution in [0.15, 0.2) is 11.8 Å². The van der Waals surface area contributed by atoms with Crippen molar-refractivity contribution in [3.8, 4) is 0 Å². The lowest BCUT2D eigenvalue weighted by molar-refractivity contribution is 0.0688. The second-order valence-electron chi connectivity index (χ2n) is 3.80. The summed E-state index contributed by atoms with van der Waals surface area (Å²) in [7, 11) is -4.50. The molecule has 0 spiro atoms. The second-order valence-corrected chi connectivity index (χ2v) is 5.46. The van der Waals surface area contributed by atoms with Crippen LogP contribution in [0.25, 0.3) is 0 Å². The predicted octanol–water partition coefficient (Wildman–Crippen LogP) is 0.732. The fourth-order valence-electron chi connectivity index (χ4n) is 0.961. The molecule has 0 aromatic rings. The van der Waals surface area contributed by atoms with Gasteiger partial charge in [-0.05, 0) is 13.8 Å². The Hall–Kier alpha value is -0.590. The van der Waals surface area contributed by atoms with E-state index in [1.807, 2.05) is 0 Å². The minimum atomic E-state index is -4.50. The molecule has 0 saturated carbocycles. The highest BCUT2D eigenvalue weighted by atomic mass is 32.2. The van der Waals surface area contributed by atoms with Gasteiger partial charge in [0.2, 0.25) is 4.93 Å². The molecular weight excluding hydrogens is 218 g/mol. The standard InChI is InChI=1S/C9H19NO4S/c1-5-8(4)10-6-9(11,7(2)3)15(12,13)14/h5,7,10-11H,6H2,1-4H3,(H,12,13,14)/b8-5-. The zero-order valence-corrected chi connectivity index (χ0v) is 10.3. The van der Waals surface area contributed by atoms with E-state index in [1.165, 1.54) is 13.8 Å². The summed E-state index contributed by atoms with van der Waals surface area (Å²) in [4.78, 5) is -2.16. The van der Waals surface area contributed by atoms with Crippen LogP contribution in [0.1, 0.15) is 27.7 Å². The van der Waals surface area contributed by atoms with Crippen molar-refractivity contribution in [2.45, 2.75) is 32.6 Å². The monoisotopic (exact) mass is 237 g/mol. The van der Waals surface area contributed by atoms with Crippen molar-refractivity contribution < 1.29 is 18.1 Å². The van der Waals surface area contributed by atoms with Gasteiger partial charge in [0.15, 0.2) is 0 Å². The summed E-state index contributed by atoms with van der Waals surface area (Å²) in [5.74, 6) is -0.607. The van der Waals surface area contributed by atoms with Gasteiger partial charge in [-0.2, -0.15) is 8.42 Å². The Labute approximate surface area is 90.9 Å². The molecule has 90 valence electrons. The zero-order chi connectivity index (χ0) is 12.3. The van der Waals surface area contributed by atoms with E-state index in [0.717, 1.165) is 5.70 Å². The van der Waals surface area contributed by atoms with Gasteiger partial charge in [-0.1, -0.05) is 19.9 Å². The van der Waals surface area contributed by atoms with E-state index in [4.69, 9.17) is 4.55 Å². The number of allylic oxidation sites excluding steroid dienone is 2. The molecule has 15 heavy (non-hydrogen) atoms. The molecule has 0 bridgehead atoms. The summed E-state index contributed by atoms with van der Waals surface area (Å²) < 4.78 is 31.0. The fraction of sp³-hybridized carbons (Fsp3) is 0.778. The van der Waals surface area contributed by atoms with Crippen LogP contribution in [-0.4, -0.2) is 29.6 Å². The molecule has 6 heteroatoms. The molecule has 1 unspecified atom stereocenters. The van der Waals surface area contributed by atoms with Gasteiger partial charge in [-0.25, -0.2) is 0 Å². The lowest BCUT2D eigenvalue weighted by Crippen LogP contribution is -2.50. The molecule has 0 aliphatic carbocycles. The number of aliphatic hydroxyl groups is 1. The van der Waals surface area contributed by atoms with E-state index in [-0.39, 0.29) is 6.54 Å². The highest BCUT2D eigenvalue weighted by Crippen LogP contribution is 2.22. The zero-order valence-electron chi connectivity index (χ0n) is 9.48. The van der Waals surface area contributed by atoms with E-state index < -0.39 is 21.0 Å². The summed E-state index contributed by atoms with van der Waals surface area (Å²) >= 11 is 0. The third-order valence-electron chi connectivity index (χ3n) is 2.40. The Balaban J connectivity index is 4.86. The molecule has 0 aromatic carbocycles. The van der Waals surface area contributed by atoms with Gasteiger partial charge in [0, 0.05) is 11.6 Å². The fourth-order valence-corrected chi connectivity index (χ4v) is 1.81. The Kier molecular flexibility index (Phi) is 4.76. The number of hydrogen-bond donors (Lipinski definition) is 3. The minimum Gasteiger partial charge on any atom is -0.385 e. The number of nitrogens with one attached hydrogen (secondary N) is 1. The molecule has 0 heterocycles. The van der Waals surface area contributed by atoms with Crippen molar-refractivity contribution in [2.75, 3.05) is 6.54 Å². The molecule has 1 atom stereocenters. The molecule has 0 amide bonds. The van der Waals surface area contributed by atoms with E-state index >= 15 is 0 Å². The molecule has 3 N–H and O–H groups in total. The van der Waals surface area contributed by atoms with E-state index in [1.54, 1.807) is 19.9 Å². The third-order valence-corrected chi connectivity index (χ3v) is 3.91. The Bertz CT molecular complexity index is 334. The van der Waals surface area contributed by atoms with Crippen molar-refractivity contribution in [3.63, 3.8) is 0 Å². The molecular formula is C9H19NO4S. The summed E-state index contributed by atoms with van der Waals surface area (Å²) in [6.45, 7) is 6.34. The van der Waals surface area contributed by atoms with Crippen LogP contribution in [0, 0.1) is 5.92 Å². The van der Waals surface area contributed by atoms with Crippen LogP contribution in [0.5, 0.6) is 0 Å². The molecule has 0 rings (SSSR count). The van der Waals surface area contributed by atoms with Gasteiger partial charge in [0.25, 0.3) is 10.1 Å². The van der Waals surface area contributed by atoms with Crippen molar-refractivity contribution in [2.24, 2.45) is 5.92 Å². The molecule has 0 saturated heterocycles. The Morgan fingerprint density at radius 2 is 2.00 bits per heavy atom. The van der Waals surface area contributed by atoms with Crippen LogP contribution in [0.4, 0.5) is 0 Å². The average molecular weight is 237 g/mol. The molecule has 0 aromatic heterocycles. The lowest BCUT2D eigenvalue weighted by Gasteiger charge is -2.29. The van der Waals surface area contributed by atoms with Crippen molar-refractivity contribution in [3.05, 3.63) is 11.8 Å². The molecule has 0 aliphatic rings. The first-order valence-electron chi connectivity index (χ1n) is 4.71. The second kappa shape index (κ2) is 4.96. The van der Waals surface area contributed by atoms with Gasteiger partial charge >= 0.3 is 0 Å². The van der Waals surface area contributed by atoms with Crippen molar-refractivity contribution in [1.29, 1.82) is 0 Å². The van der Waals surface area contributed by atoms with Gasteiger partial charge in [-0.15, -0.1) is 0 Å². The SMILES string of the molecule is C/C=C(/C)NCC(O)(C(C)C)S(=O)(=O)O. The Morgan fingerprint density at radius 3 is 2.27 bits per heavy atom. The smallest absolute Gasteiger partial charge is 0.297 e. The number of hydrogen-bond acceptors (Lipinski definition) is 4. The largest absolute Gasteiger partial charge is 0.385 e. The van der Waals surface area contributed by atoms with Gasteiger partial charge in [0.05, 0.1) is 6.54 Å². The average Bonchev–Trinajstić information content (AvgIpc) is 2.11. The quantitative estimate of drug-likeness (QED) is 0.614. The highest BCUT2D eigenvalue weighted by Gasteiger charge is 2.43. The predicted molar refractivity (Wildman–Crippen MR) is 58.8 cm³/mol. The summed E-state index contributed by atoms with van der Waals surface area (Å²) in [6, 6.07) is 0. The van der Waals surface area contributed by atoms with Crippen molar-refractivity contribution in [1.82, 2.24) is 5.32 Å². The lowest BCUT2D eigenvalue weighted by atomic mass is 10.1. The molecule has 0 radical (unpaired) electrons. The van der Waals surface area contributed by atoms with Crippen LogP contribution in [-0.2, 0) is 10.1 Å². The van der Waals surface area contributed by atoms with Gasteiger partial charge in [0.1, 0.15) is 0 Å². The maximum atomic E-state index is 11.0. The molecule has 0 aliphatic heterocycles. The van der Waals surface area contributed by atoms with Crippen LogP contribution >= 0.6 is 0 Å². The Morgan fingerprint density at radius 1 is 1.53 bits per heavy atom. The van der Waals surface area contributed by atoms with Crippen LogP contribution in [0.3, 0.4) is 0 Å². The topological polar surface area (TPSA) is 86.6 Å². The van der Waals surface area contributed by atoms with E-state index in [0.29, 0.717) is 0 Å². The van der Waals surface area contributed by atoms with Gasteiger partial charge < -0.3 is 10.4 Å². The highest BCUT2D eigenvalue weighted by molar-refractivity contribution is 7.87. The van der Waals surface area contributed by atoms with E-state index in [9.17, 15) is 13.5 Å². The maximum absolute atomic E-state index is 11.0. The number of rotatable bonds is 5. The third kappa shape index (κ3) is 3.48. The van der Waals surface area contributed by atoms with Gasteiger partial charge in [-0.3, -0.25) is 4.55 Å². The maximum Gasteiger partial charge on any atom is 0.297 e. The van der Waals surface area contributed by atoms with Crippen molar-refractivity contribution >= 4 is 10.1 Å². The van der Waals surface area contributed by atoms with Crippen LogP contribution < -0.4 is 5.32 Å².